The fourth-order valence-corrected chi connectivity index (χ4v) is 2.11. The lowest BCUT2D eigenvalue weighted by atomic mass is 10.0. The third kappa shape index (κ3) is 3.42. The molecule has 0 saturated carbocycles. The molecule has 0 aliphatic rings. The third-order valence-corrected chi connectivity index (χ3v) is 3.22. The van der Waals surface area contributed by atoms with Gasteiger partial charge in [-0.1, -0.05) is 44.0 Å². The summed E-state index contributed by atoms with van der Waals surface area (Å²) in [5.41, 5.74) is 3.72. The molecular weight excluding hydrogens is 232 g/mol. The predicted octanol–water partition coefficient (Wildman–Crippen LogP) is 4.35. The lowest BCUT2D eigenvalue weighted by molar-refractivity contribution is 0.716. The first-order valence-corrected chi connectivity index (χ1v) is 6.79. The minimum absolute atomic E-state index is 0.675. The highest BCUT2D eigenvalue weighted by atomic mass is 14.7. The van der Waals surface area contributed by atoms with Crippen molar-refractivity contribution in [1.29, 1.82) is 5.26 Å². The molecule has 1 heterocycles. The van der Waals surface area contributed by atoms with Crippen LogP contribution < -0.4 is 0 Å². The van der Waals surface area contributed by atoms with Crippen molar-refractivity contribution in [2.75, 3.05) is 0 Å². The van der Waals surface area contributed by atoms with Gasteiger partial charge in [-0.2, -0.15) is 5.26 Å². The summed E-state index contributed by atoms with van der Waals surface area (Å²) >= 11 is 0. The summed E-state index contributed by atoms with van der Waals surface area (Å²) in [5.74, 6) is 0. The van der Waals surface area contributed by atoms with Crippen LogP contribution in [-0.2, 0) is 6.42 Å². The van der Waals surface area contributed by atoms with E-state index < -0.39 is 0 Å². The van der Waals surface area contributed by atoms with Crippen LogP contribution in [0.5, 0.6) is 0 Å². The Balaban J connectivity index is 2.16. The Morgan fingerprint density at radius 1 is 1.11 bits per heavy atom. The van der Waals surface area contributed by atoms with Gasteiger partial charge in [-0.05, 0) is 30.5 Å². The number of nitriles is 1. The molecule has 0 N–H and O–H groups in total. The maximum atomic E-state index is 9.10. The number of hydrogen-bond acceptors (Lipinski definition) is 2. The second-order valence-electron chi connectivity index (χ2n) is 4.67. The lowest BCUT2D eigenvalue weighted by Gasteiger charge is -2.05. The number of hydrogen-bond donors (Lipinski definition) is 0. The van der Waals surface area contributed by atoms with Crippen LogP contribution in [0.3, 0.4) is 0 Å². The van der Waals surface area contributed by atoms with Gasteiger partial charge in [0.15, 0.2) is 0 Å². The molecule has 0 fully saturated rings. The molecule has 2 rings (SSSR count). The minimum Gasteiger partial charge on any atom is -0.256 e. The van der Waals surface area contributed by atoms with Crippen molar-refractivity contribution in [3.05, 3.63) is 53.7 Å². The summed E-state index contributed by atoms with van der Waals surface area (Å²) in [6.45, 7) is 2.21. The fraction of sp³-hybridized carbons (Fsp3) is 0.294. The number of aryl methyl sites for hydroxylation is 1. The zero-order chi connectivity index (χ0) is 13.5. The van der Waals surface area contributed by atoms with Crippen molar-refractivity contribution in [3.63, 3.8) is 0 Å². The summed E-state index contributed by atoms with van der Waals surface area (Å²) in [7, 11) is 0. The molecule has 0 atom stereocenters. The standard InChI is InChI=1S/C17H18N2/c1-2-3-4-7-14-10-11-17(19-13-14)16-9-6-5-8-15(16)12-18/h5-6,8-11,13H,2-4,7H2,1H3. The van der Waals surface area contributed by atoms with Crippen molar-refractivity contribution in [2.45, 2.75) is 32.6 Å². The molecule has 0 amide bonds. The molecule has 1 aromatic heterocycles. The van der Waals surface area contributed by atoms with E-state index in [-0.39, 0.29) is 0 Å². The molecule has 2 heteroatoms. The van der Waals surface area contributed by atoms with E-state index in [2.05, 4.69) is 24.0 Å². The number of nitrogens with zero attached hydrogens (tertiary/aromatic N) is 2. The number of pyridine rings is 1. The first-order chi connectivity index (χ1) is 9.35. The molecule has 0 spiro atoms. The van der Waals surface area contributed by atoms with Gasteiger partial charge in [0.25, 0.3) is 0 Å². The van der Waals surface area contributed by atoms with Gasteiger partial charge < -0.3 is 0 Å². The summed E-state index contributed by atoms with van der Waals surface area (Å²) in [5, 5.41) is 9.10. The summed E-state index contributed by atoms with van der Waals surface area (Å²) in [4.78, 5) is 4.49. The zero-order valence-corrected chi connectivity index (χ0v) is 11.3. The number of benzene rings is 1. The van der Waals surface area contributed by atoms with E-state index >= 15 is 0 Å². The van der Waals surface area contributed by atoms with Crippen molar-refractivity contribution in [3.8, 4) is 17.3 Å². The minimum atomic E-state index is 0.675. The molecule has 2 aromatic rings. The lowest BCUT2D eigenvalue weighted by Crippen LogP contribution is -1.91. The molecule has 1 aromatic carbocycles. The number of rotatable bonds is 5. The average molecular weight is 250 g/mol. The number of aromatic nitrogens is 1. The highest BCUT2D eigenvalue weighted by molar-refractivity contribution is 5.67. The van der Waals surface area contributed by atoms with Gasteiger partial charge in [0, 0.05) is 11.8 Å². The topological polar surface area (TPSA) is 36.7 Å². The maximum absolute atomic E-state index is 9.10. The average Bonchev–Trinajstić information content (AvgIpc) is 2.48. The Morgan fingerprint density at radius 2 is 1.95 bits per heavy atom. The summed E-state index contributed by atoms with van der Waals surface area (Å²) in [6.07, 6.45) is 6.73. The first-order valence-electron chi connectivity index (χ1n) is 6.79. The van der Waals surface area contributed by atoms with Crippen LogP contribution in [0.4, 0.5) is 0 Å². The quantitative estimate of drug-likeness (QED) is 0.739. The van der Waals surface area contributed by atoms with E-state index in [1.165, 1.54) is 24.8 Å². The molecule has 19 heavy (non-hydrogen) atoms. The van der Waals surface area contributed by atoms with Crippen LogP contribution in [0.1, 0.15) is 37.3 Å². The van der Waals surface area contributed by atoms with E-state index in [9.17, 15) is 0 Å². The van der Waals surface area contributed by atoms with Crippen molar-refractivity contribution in [2.24, 2.45) is 0 Å². The zero-order valence-electron chi connectivity index (χ0n) is 11.3. The second kappa shape index (κ2) is 6.70. The van der Waals surface area contributed by atoms with Crippen molar-refractivity contribution >= 4 is 0 Å². The van der Waals surface area contributed by atoms with Crippen LogP contribution >= 0.6 is 0 Å². The second-order valence-corrected chi connectivity index (χ2v) is 4.67. The number of unbranched alkanes of at least 4 members (excludes halogenated alkanes) is 2. The molecule has 96 valence electrons. The molecule has 0 bridgehead atoms. The van der Waals surface area contributed by atoms with E-state index in [1.807, 2.05) is 36.5 Å². The van der Waals surface area contributed by atoms with Crippen LogP contribution in [0.15, 0.2) is 42.6 Å². The Hall–Kier alpha value is -2.14. The van der Waals surface area contributed by atoms with Gasteiger partial charge in [0.1, 0.15) is 0 Å². The van der Waals surface area contributed by atoms with Crippen LogP contribution in [-0.4, -0.2) is 4.98 Å². The first kappa shape index (κ1) is 13.3. The van der Waals surface area contributed by atoms with E-state index in [0.29, 0.717) is 5.56 Å². The highest BCUT2D eigenvalue weighted by Gasteiger charge is 2.05. The molecule has 0 radical (unpaired) electrons. The summed E-state index contributed by atoms with van der Waals surface area (Å²) < 4.78 is 0. The van der Waals surface area contributed by atoms with Gasteiger partial charge in [-0.15, -0.1) is 0 Å². The van der Waals surface area contributed by atoms with E-state index in [0.717, 1.165) is 17.7 Å². The SMILES string of the molecule is CCCCCc1ccc(-c2ccccc2C#N)nc1. The monoisotopic (exact) mass is 250 g/mol. The van der Waals surface area contributed by atoms with E-state index in [4.69, 9.17) is 5.26 Å². The normalized spacial score (nSPS) is 10.1. The largest absolute Gasteiger partial charge is 0.256 e. The molecule has 0 aliphatic heterocycles. The van der Waals surface area contributed by atoms with Crippen LogP contribution in [0.25, 0.3) is 11.3 Å². The molecule has 0 unspecified atom stereocenters. The highest BCUT2D eigenvalue weighted by Crippen LogP contribution is 2.21. The summed E-state index contributed by atoms with van der Waals surface area (Å²) in [6, 6.07) is 13.9. The third-order valence-electron chi connectivity index (χ3n) is 3.22. The van der Waals surface area contributed by atoms with Crippen LogP contribution in [0, 0.1) is 11.3 Å². The van der Waals surface area contributed by atoms with Gasteiger partial charge >= 0.3 is 0 Å². The molecule has 2 nitrogen and oxygen atoms in total. The van der Waals surface area contributed by atoms with Crippen LogP contribution in [0.2, 0.25) is 0 Å². The van der Waals surface area contributed by atoms with Gasteiger partial charge in [0.2, 0.25) is 0 Å². The smallest absolute Gasteiger partial charge is 0.0998 e. The van der Waals surface area contributed by atoms with Gasteiger partial charge in [-0.3, -0.25) is 4.98 Å². The van der Waals surface area contributed by atoms with Gasteiger partial charge in [0.05, 0.1) is 17.3 Å². The Bertz CT molecular complexity index is 565. The fourth-order valence-electron chi connectivity index (χ4n) is 2.11. The molecular formula is C17H18N2. The molecule has 0 saturated heterocycles. The van der Waals surface area contributed by atoms with E-state index in [1.54, 1.807) is 0 Å². The Kier molecular flexibility index (Phi) is 4.69. The van der Waals surface area contributed by atoms with Crippen molar-refractivity contribution in [1.82, 2.24) is 4.98 Å². The predicted molar refractivity (Wildman–Crippen MR) is 77.6 cm³/mol. The Morgan fingerprint density at radius 3 is 2.63 bits per heavy atom. The van der Waals surface area contributed by atoms with Crippen molar-refractivity contribution < 1.29 is 0 Å². The Labute approximate surface area is 114 Å². The maximum Gasteiger partial charge on any atom is 0.0998 e. The van der Waals surface area contributed by atoms with Gasteiger partial charge in [-0.25, -0.2) is 0 Å². The molecule has 0 aliphatic carbocycles.